The molecule has 1 aromatic carbocycles. The predicted octanol–water partition coefficient (Wildman–Crippen LogP) is 2.50. The van der Waals surface area contributed by atoms with E-state index in [4.69, 9.17) is 9.84 Å². The quantitative estimate of drug-likeness (QED) is 0.631. The molecule has 1 N–H and O–H groups in total. The largest absolute Gasteiger partial charge is 0.534 e. The maximum atomic E-state index is 12.3. The van der Waals surface area contributed by atoms with Gasteiger partial charge in [-0.25, -0.2) is 0 Å². The van der Waals surface area contributed by atoms with Crippen molar-refractivity contribution in [1.82, 2.24) is 0 Å². The van der Waals surface area contributed by atoms with Crippen molar-refractivity contribution < 1.29 is 40.4 Å². The van der Waals surface area contributed by atoms with Crippen molar-refractivity contribution in [2.75, 3.05) is 7.11 Å². The standard InChI is InChI=1S/C12H13F3O6S/c1-3-8(11(16)17)7-4-5-9(10(6-7)20-2)21-22(18,19)12(13,14)15/h4-6,8H,3H2,1-2H3,(H,16,17). The zero-order valence-electron chi connectivity index (χ0n) is 11.5. The van der Waals surface area contributed by atoms with Gasteiger partial charge in [-0.05, 0) is 24.1 Å². The topological polar surface area (TPSA) is 89.9 Å². The number of benzene rings is 1. The van der Waals surface area contributed by atoms with Gasteiger partial charge in [-0.3, -0.25) is 4.79 Å². The first-order valence-electron chi connectivity index (χ1n) is 5.95. The lowest BCUT2D eigenvalue weighted by atomic mass is 9.96. The molecule has 0 amide bonds. The molecule has 0 aliphatic heterocycles. The normalized spacial score (nSPS) is 13.5. The van der Waals surface area contributed by atoms with Gasteiger partial charge in [-0.1, -0.05) is 13.0 Å². The Labute approximate surface area is 124 Å². The molecule has 6 nitrogen and oxygen atoms in total. The second-order valence-electron chi connectivity index (χ2n) is 4.19. The van der Waals surface area contributed by atoms with E-state index >= 15 is 0 Å². The van der Waals surface area contributed by atoms with Gasteiger partial charge < -0.3 is 14.0 Å². The van der Waals surface area contributed by atoms with E-state index in [0.29, 0.717) is 0 Å². The van der Waals surface area contributed by atoms with Gasteiger partial charge >= 0.3 is 21.6 Å². The molecule has 0 fully saturated rings. The number of carboxylic acid groups (broad SMARTS) is 1. The highest BCUT2D eigenvalue weighted by Crippen LogP contribution is 2.35. The number of methoxy groups -OCH3 is 1. The summed E-state index contributed by atoms with van der Waals surface area (Å²) < 4.78 is 67.6. The van der Waals surface area contributed by atoms with Crippen LogP contribution in [0.3, 0.4) is 0 Å². The zero-order chi connectivity index (χ0) is 17.1. The lowest BCUT2D eigenvalue weighted by Crippen LogP contribution is -2.28. The zero-order valence-corrected chi connectivity index (χ0v) is 12.4. The fourth-order valence-electron chi connectivity index (χ4n) is 1.69. The Morgan fingerprint density at radius 2 is 1.91 bits per heavy atom. The Morgan fingerprint density at radius 3 is 2.32 bits per heavy atom. The highest BCUT2D eigenvalue weighted by molar-refractivity contribution is 7.88. The minimum atomic E-state index is -5.83. The SMILES string of the molecule is CCC(C(=O)O)c1ccc(OS(=O)(=O)C(F)(F)F)c(OC)c1. The van der Waals surface area contributed by atoms with Gasteiger partial charge in [0.15, 0.2) is 11.5 Å². The second kappa shape index (κ2) is 6.42. The highest BCUT2D eigenvalue weighted by Gasteiger charge is 2.49. The van der Waals surface area contributed by atoms with Crippen LogP contribution >= 0.6 is 0 Å². The van der Waals surface area contributed by atoms with Crippen molar-refractivity contribution in [3.8, 4) is 11.5 Å². The molecule has 0 aromatic heterocycles. The summed E-state index contributed by atoms with van der Waals surface area (Å²) in [5.41, 5.74) is -5.33. The van der Waals surface area contributed by atoms with E-state index in [1.165, 1.54) is 6.07 Å². The second-order valence-corrected chi connectivity index (χ2v) is 5.73. The maximum Gasteiger partial charge on any atom is 0.534 e. The minimum Gasteiger partial charge on any atom is -0.493 e. The van der Waals surface area contributed by atoms with E-state index in [2.05, 4.69) is 4.18 Å². The van der Waals surface area contributed by atoms with Crippen LogP contribution in [0.15, 0.2) is 18.2 Å². The molecule has 124 valence electrons. The van der Waals surface area contributed by atoms with E-state index in [1.54, 1.807) is 6.92 Å². The Balaban J connectivity index is 3.23. The lowest BCUT2D eigenvalue weighted by Gasteiger charge is -2.15. The minimum absolute atomic E-state index is 0.236. The van der Waals surface area contributed by atoms with Crippen LogP contribution in [0.25, 0.3) is 0 Å². The average Bonchev–Trinajstić information content (AvgIpc) is 2.39. The Bertz CT molecular complexity index is 653. The first-order chi connectivity index (χ1) is 10.0. The number of rotatable bonds is 6. The monoisotopic (exact) mass is 342 g/mol. The van der Waals surface area contributed by atoms with Crippen LogP contribution in [-0.2, 0) is 14.9 Å². The Hall–Kier alpha value is -1.97. The van der Waals surface area contributed by atoms with Crippen LogP contribution in [0, 0.1) is 0 Å². The summed E-state index contributed by atoms with van der Waals surface area (Å²) >= 11 is 0. The van der Waals surface area contributed by atoms with E-state index < -0.39 is 33.3 Å². The molecule has 0 bridgehead atoms. The predicted molar refractivity (Wildman–Crippen MR) is 69.3 cm³/mol. The third-order valence-corrected chi connectivity index (χ3v) is 3.75. The summed E-state index contributed by atoms with van der Waals surface area (Å²) in [6.45, 7) is 1.61. The van der Waals surface area contributed by atoms with Gasteiger partial charge in [0, 0.05) is 0 Å². The fraction of sp³-hybridized carbons (Fsp3) is 0.417. The Morgan fingerprint density at radius 1 is 1.32 bits per heavy atom. The first-order valence-corrected chi connectivity index (χ1v) is 7.35. The van der Waals surface area contributed by atoms with Gasteiger partial charge in [0.25, 0.3) is 0 Å². The van der Waals surface area contributed by atoms with Gasteiger partial charge in [-0.2, -0.15) is 21.6 Å². The van der Waals surface area contributed by atoms with E-state index in [9.17, 15) is 26.4 Å². The van der Waals surface area contributed by atoms with Crippen molar-refractivity contribution in [3.63, 3.8) is 0 Å². The summed E-state index contributed by atoms with van der Waals surface area (Å²) in [5, 5.41) is 9.04. The van der Waals surface area contributed by atoms with E-state index in [0.717, 1.165) is 19.2 Å². The fourth-order valence-corrected chi connectivity index (χ4v) is 2.16. The van der Waals surface area contributed by atoms with Gasteiger partial charge in [0.05, 0.1) is 13.0 Å². The molecule has 0 spiro atoms. The molecule has 0 aliphatic carbocycles. The van der Waals surface area contributed by atoms with Gasteiger partial charge in [0.2, 0.25) is 0 Å². The van der Waals surface area contributed by atoms with Gasteiger partial charge in [-0.15, -0.1) is 0 Å². The van der Waals surface area contributed by atoms with Gasteiger partial charge in [0.1, 0.15) is 0 Å². The third-order valence-electron chi connectivity index (χ3n) is 2.78. The molecule has 0 saturated heterocycles. The molecular formula is C12H13F3O6S. The molecule has 0 saturated carbocycles. The number of carbonyl (C=O) groups is 1. The maximum absolute atomic E-state index is 12.3. The lowest BCUT2D eigenvalue weighted by molar-refractivity contribution is -0.138. The number of aliphatic carboxylic acids is 1. The molecule has 1 rings (SSSR count). The highest BCUT2D eigenvalue weighted by atomic mass is 32.2. The number of alkyl halides is 3. The van der Waals surface area contributed by atoms with Crippen LogP contribution in [0.2, 0.25) is 0 Å². The number of ether oxygens (including phenoxy) is 1. The molecular weight excluding hydrogens is 329 g/mol. The van der Waals surface area contributed by atoms with Crippen molar-refractivity contribution in [2.45, 2.75) is 24.8 Å². The molecule has 0 radical (unpaired) electrons. The van der Waals surface area contributed by atoms with Crippen molar-refractivity contribution >= 4 is 16.1 Å². The van der Waals surface area contributed by atoms with Crippen LogP contribution in [0.4, 0.5) is 13.2 Å². The summed E-state index contributed by atoms with van der Waals surface area (Å²) in [4.78, 5) is 11.1. The molecule has 0 aliphatic rings. The summed E-state index contributed by atoms with van der Waals surface area (Å²) in [6, 6.07) is 3.22. The molecule has 1 atom stereocenters. The summed E-state index contributed by atoms with van der Waals surface area (Å²) in [6.07, 6.45) is 0.236. The molecule has 1 unspecified atom stereocenters. The Kier molecular flexibility index (Phi) is 5.28. The molecule has 10 heteroatoms. The average molecular weight is 342 g/mol. The number of halogens is 3. The van der Waals surface area contributed by atoms with Crippen molar-refractivity contribution in [2.24, 2.45) is 0 Å². The number of hydrogen-bond acceptors (Lipinski definition) is 5. The smallest absolute Gasteiger partial charge is 0.493 e. The van der Waals surface area contributed by atoms with Crippen LogP contribution < -0.4 is 8.92 Å². The van der Waals surface area contributed by atoms with Crippen LogP contribution in [0.5, 0.6) is 11.5 Å². The summed E-state index contributed by atoms with van der Waals surface area (Å²) in [5.74, 6) is -3.02. The number of hydrogen-bond donors (Lipinski definition) is 1. The van der Waals surface area contributed by atoms with E-state index in [-0.39, 0.29) is 17.7 Å². The first kappa shape index (κ1) is 18.1. The van der Waals surface area contributed by atoms with Crippen molar-refractivity contribution in [3.05, 3.63) is 23.8 Å². The van der Waals surface area contributed by atoms with E-state index in [1.807, 2.05) is 0 Å². The number of carboxylic acids is 1. The molecule has 0 heterocycles. The molecule has 22 heavy (non-hydrogen) atoms. The molecule has 1 aromatic rings. The third kappa shape index (κ3) is 3.81. The summed E-state index contributed by atoms with van der Waals surface area (Å²) in [7, 11) is -4.74. The van der Waals surface area contributed by atoms with Crippen LogP contribution in [-0.4, -0.2) is 32.1 Å². The van der Waals surface area contributed by atoms with Crippen LogP contribution in [0.1, 0.15) is 24.8 Å². The van der Waals surface area contributed by atoms with Crippen molar-refractivity contribution in [1.29, 1.82) is 0 Å².